The Bertz CT molecular complexity index is 612. The van der Waals surface area contributed by atoms with Gasteiger partial charge in [-0.3, -0.25) is 9.89 Å². The molecule has 1 unspecified atom stereocenters. The summed E-state index contributed by atoms with van der Waals surface area (Å²) in [5, 5.41) is 3.50. The quantitative estimate of drug-likeness (QED) is 0.612. The summed E-state index contributed by atoms with van der Waals surface area (Å²) >= 11 is 0. The number of aliphatic imine (C=N–C) groups is 1. The number of benzene rings is 1. The van der Waals surface area contributed by atoms with E-state index in [-0.39, 0.29) is 0 Å². The van der Waals surface area contributed by atoms with E-state index in [1.165, 1.54) is 25.1 Å². The first-order chi connectivity index (χ1) is 13.3. The summed E-state index contributed by atoms with van der Waals surface area (Å²) in [6, 6.07) is 8.90. The van der Waals surface area contributed by atoms with Crippen molar-refractivity contribution in [3.63, 3.8) is 0 Å². The Morgan fingerprint density at radius 1 is 1.15 bits per heavy atom. The van der Waals surface area contributed by atoms with Crippen LogP contribution in [0.15, 0.2) is 29.3 Å². The molecule has 0 saturated carbocycles. The number of likely N-dealkylation sites (N-methyl/N-ethyl adjacent to an activating group) is 1. The van der Waals surface area contributed by atoms with Crippen molar-refractivity contribution in [2.24, 2.45) is 4.99 Å². The molecule has 2 saturated heterocycles. The van der Waals surface area contributed by atoms with Gasteiger partial charge < -0.3 is 19.9 Å². The fourth-order valence-corrected chi connectivity index (χ4v) is 4.19. The van der Waals surface area contributed by atoms with Crippen LogP contribution in [0.25, 0.3) is 0 Å². The van der Waals surface area contributed by atoms with Crippen molar-refractivity contribution >= 4 is 11.6 Å². The topological polar surface area (TPSA) is 43.3 Å². The molecule has 0 amide bonds. The molecule has 6 heteroatoms. The zero-order valence-corrected chi connectivity index (χ0v) is 17.2. The fourth-order valence-electron chi connectivity index (χ4n) is 4.19. The van der Waals surface area contributed by atoms with Gasteiger partial charge >= 0.3 is 0 Å². The van der Waals surface area contributed by atoms with Crippen molar-refractivity contribution in [1.29, 1.82) is 0 Å². The molecule has 150 valence electrons. The first kappa shape index (κ1) is 19.8. The molecule has 1 aromatic rings. The second-order valence-corrected chi connectivity index (χ2v) is 7.27. The number of ether oxygens (including phenoxy) is 1. The highest BCUT2D eigenvalue weighted by Crippen LogP contribution is 2.28. The second-order valence-electron chi connectivity index (χ2n) is 7.27. The third kappa shape index (κ3) is 4.86. The number of piperazine rings is 1. The number of nitrogens with zero attached hydrogens (tertiary/aromatic N) is 4. The summed E-state index contributed by atoms with van der Waals surface area (Å²) in [6.45, 7) is 12.5. The lowest BCUT2D eigenvalue weighted by molar-refractivity contribution is 0.271. The van der Waals surface area contributed by atoms with Crippen molar-refractivity contribution in [3.05, 3.63) is 24.3 Å². The molecule has 0 radical (unpaired) electrons. The van der Waals surface area contributed by atoms with Crippen molar-refractivity contribution in [2.75, 3.05) is 64.4 Å². The Labute approximate surface area is 164 Å². The summed E-state index contributed by atoms with van der Waals surface area (Å²) < 4.78 is 5.53. The SMILES string of the molecule is CCNC(=NCC1CCCN1CC)N1CCN(c2ccccc2OC)CC1. The molecular weight excluding hydrogens is 338 g/mol. The molecule has 2 aliphatic rings. The van der Waals surface area contributed by atoms with E-state index in [0.717, 1.165) is 57.5 Å². The number of hydrogen-bond donors (Lipinski definition) is 1. The minimum atomic E-state index is 0.610. The van der Waals surface area contributed by atoms with Crippen LogP contribution in [0.1, 0.15) is 26.7 Å². The minimum absolute atomic E-state index is 0.610. The van der Waals surface area contributed by atoms with Gasteiger partial charge in [0.1, 0.15) is 5.75 Å². The molecule has 1 aromatic carbocycles. The molecule has 0 aliphatic carbocycles. The van der Waals surface area contributed by atoms with Crippen molar-refractivity contribution < 1.29 is 4.74 Å². The average Bonchev–Trinajstić information content (AvgIpc) is 3.19. The number of likely N-dealkylation sites (tertiary alicyclic amines) is 1. The lowest BCUT2D eigenvalue weighted by Gasteiger charge is -2.38. The lowest BCUT2D eigenvalue weighted by atomic mass is 10.2. The number of nitrogens with one attached hydrogen (secondary N) is 1. The van der Waals surface area contributed by atoms with Gasteiger partial charge in [0.25, 0.3) is 0 Å². The summed E-state index contributed by atoms with van der Waals surface area (Å²) in [5.41, 5.74) is 1.19. The normalized spacial score (nSPS) is 21.6. The van der Waals surface area contributed by atoms with E-state index in [1.807, 2.05) is 12.1 Å². The number of hydrogen-bond acceptors (Lipinski definition) is 4. The molecule has 3 rings (SSSR count). The van der Waals surface area contributed by atoms with Crippen LogP contribution in [0.5, 0.6) is 5.75 Å². The molecule has 1 atom stereocenters. The number of anilines is 1. The first-order valence-electron chi connectivity index (χ1n) is 10.4. The summed E-state index contributed by atoms with van der Waals surface area (Å²) in [7, 11) is 1.74. The molecular formula is C21H35N5O. The van der Waals surface area contributed by atoms with Gasteiger partial charge in [-0.15, -0.1) is 0 Å². The van der Waals surface area contributed by atoms with Crippen LogP contribution in [0.4, 0.5) is 5.69 Å². The zero-order chi connectivity index (χ0) is 19.1. The van der Waals surface area contributed by atoms with E-state index in [4.69, 9.17) is 9.73 Å². The van der Waals surface area contributed by atoms with E-state index in [9.17, 15) is 0 Å². The van der Waals surface area contributed by atoms with E-state index >= 15 is 0 Å². The lowest BCUT2D eigenvalue weighted by Crippen LogP contribution is -2.53. The van der Waals surface area contributed by atoms with Crippen LogP contribution >= 0.6 is 0 Å². The fraction of sp³-hybridized carbons (Fsp3) is 0.667. The molecule has 0 aromatic heterocycles. The van der Waals surface area contributed by atoms with Crippen LogP contribution < -0.4 is 15.0 Å². The maximum absolute atomic E-state index is 5.53. The van der Waals surface area contributed by atoms with Crippen LogP contribution in [-0.2, 0) is 0 Å². The highest BCUT2D eigenvalue weighted by Gasteiger charge is 2.24. The van der Waals surface area contributed by atoms with Gasteiger partial charge in [-0.05, 0) is 45.0 Å². The van der Waals surface area contributed by atoms with Gasteiger partial charge in [-0.25, -0.2) is 0 Å². The zero-order valence-electron chi connectivity index (χ0n) is 17.2. The number of para-hydroxylation sites is 2. The highest BCUT2D eigenvalue weighted by molar-refractivity contribution is 5.80. The van der Waals surface area contributed by atoms with Gasteiger partial charge in [0.05, 0.1) is 19.3 Å². The maximum atomic E-state index is 5.53. The molecule has 2 heterocycles. The van der Waals surface area contributed by atoms with Crippen molar-refractivity contribution in [3.8, 4) is 5.75 Å². The van der Waals surface area contributed by atoms with Gasteiger partial charge in [0, 0.05) is 38.8 Å². The largest absolute Gasteiger partial charge is 0.495 e. The smallest absolute Gasteiger partial charge is 0.194 e. The number of guanidine groups is 1. The van der Waals surface area contributed by atoms with Crippen molar-refractivity contribution in [1.82, 2.24) is 15.1 Å². The predicted octanol–water partition coefficient (Wildman–Crippen LogP) is 2.27. The monoisotopic (exact) mass is 373 g/mol. The molecule has 0 spiro atoms. The summed E-state index contributed by atoms with van der Waals surface area (Å²) in [4.78, 5) is 12.4. The van der Waals surface area contributed by atoms with Gasteiger partial charge in [0.15, 0.2) is 5.96 Å². The van der Waals surface area contributed by atoms with Gasteiger partial charge in [-0.1, -0.05) is 19.1 Å². The third-order valence-corrected chi connectivity index (χ3v) is 5.70. The molecule has 0 bridgehead atoms. The van der Waals surface area contributed by atoms with E-state index in [0.29, 0.717) is 6.04 Å². The summed E-state index contributed by atoms with van der Waals surface area (Å²) in [6.07, 6.45) is 2.58. The van der Waals surface area contributed by atoms with E-state index < -0.39 is 0 Å². The van der Waals surface area contributed by atoms with Crippen molar-refractivity contribution in [2.45, 2.75) is 32.7 Å². The molecule has 1 N–H and O–H groups in total. The predicted molar refractivity (Wildman–Crippen MR) is 113 cm³/mol. The third-order valence-electron chi connectivity index (χ3n) is 5.70. The standard InChI is InChI=1S/C21H35N5O/c1-4-22-21(23-17-18-9-8-12-24(18)5-2)26-15-13-25(14-16-26)19-10-6-7-11-20(19)27-3/h6-7,10-11,18H,4-5,8-9,12-17H2,1-3H3,(H,22,23). The Morgan fingerprint density at radius 3 is 2.63 bits per heavy atom. The minimum Gasteiger partial charge on any atom is -0.495 e. The van der Waals surface area contributed by atoms with E-state index in [2.05, 4.69) is 46.0 Å². The van der Waals surface area contributed by atoms with Gasteiger partial charge in [-0.2, -0.15) is 0 Å². The Hall–Kier alpha value is -1.95. The molecule has 2 aliphatic heterocycles. The van der Waals surface area contributed by atoms with Crippen LogP contribution in [0, 0.1) is 0 Å². The molecule has 27 heavy (non-hydrogen) atoms. The first-order valence-corrected chi connectivity index (χ1v) is 10.4. The van der Waals surface area contributed by atoms with E-state index in [1.54, 1.807) is 7.11 Å². The Morgan fingerprint density at radius 2 is 1.93 bits per heavy atom. The highest BCUT2D eigenvalue weighted by atomic mass is 16.5. The molecule has 6 nitrogen and oxygen atoms in total. The number of methoxy groups -OCH3 is 1. The molecule has 2 fully saturated rings. The van der Waals surface area contributed by atoms with Crippen LogP contribution in [0.3, 0.4) is 0 Å². The van der Waals surface area contributed by atoms with Crippen LogP contribution in [0.2, 0.25) is 0 Å². The Kier molecular flexibility index (Phi) is 7.21. The van der Waals surface area contributed by atoms with Gasteiger partial charge in [0.2, 0.25) is 0 Å². The average molecular weight is 374 g/mol. The second kappa shape index (κ2) is 9.83. The van der Waals surface area contributed by atoms with Crippen LogP contribution in [-0.4, -0.2) is 81.3 Å². The number of rotatable bonds is 6. The maximum Gasteiger partial charge on any atom is 0.194 e. The Balaban J connectivity index is 1.60. The summed E-state index contributed by atoms with van der Waals surface area (Å²) in [5.74, 6) is 2.02.